The van der Waals surface area contributed by atoms with E-state index in [1.807, 2.05) is 92.7 Å². The molecule has 0 N–H and O–H groups in total. The summed E-state index contributed by atoms with van der Waals surface area (Å²) in [6, 6.07) is 20.9. The Bertz CT molecular complexity index is 1690. The first-order valence-corrected chi connectivity index (χ1v) is 17.6. The van der Waals surface area contributed by atoms with Gasteiger partial charge in [0.05, 0.1) is 30.3 Å². The molecule has 0 spiro atoms. The number of piperazine rings is 1. The minimum absolute atomic E-state index is 0.119. The number of amides is 1. The van der Waals surface area contributed by atoms with Crippen LogP contribution < -0.4 is 14.4 Å². The van der Waals surface area contributed by atoms with E-state index in [1.54, 1.807) is 19.1 Å². The first-order valence-electron chi connectivity index (χ1n) is 16.9. The smallest absolute Gasteiger partial charge is 0.316 e. The molecule has 6 rings (SSSR count). The van der Waals surface area contributed by atoms with Crippen molar-refractivity contribution in [2.75, 3.05) is 57.5 Å². The van der Waals surface area contributed by atoms with E-state index in [9.17, 15) is 9.59 Å². The second-order valence-electron chi connectivity index (χ2n) is 13.9. The van der Waals surface area contributed by atoms with Crippen molar-refractivity contribution in [1.29, 1.82) is 0 Å². The van der Waals surface area contributed by atoms with Crippen LogP contribution in [-0.4, -0.2) is 85.3 Å². The SMILES string of the molecule is CC(=O)N1CCN(c2ccc(OC[C@H]3CO[C@](CN4C=CN(Cc5ccc(OC(=O)C(C)(C)C)cc5)C4)(c4ccc(Cl)cc4Cl)O3)cc2)CC1. The van der Waals surface area contributed by atoms with Gasteiger partial charge in [-0.15, -0.1) is 0 Å². The molecule has 2 fully saturated rings. The zero-order valence-corrected chi connectivity index (χ0v) is 30.5. The van der Waals surface area contributed by atoms with Crippen molar-refractivity contribution in [2.45, 2.75) is 46.1 Å². The molecule has 12 heteroatoms. The monoisotopic (exact) mass is 722 g/mol. The first kappa shape index (κ1) is 35.9. The number of ether oxygens (including phenoxy) is 4. The summed E-state index contributed by atoms with van der Waals surface area (Å²) in [5.41, 5.74) is 2.31. The highest BCUT2D eigenvalue weighted by molar-refractivity contribution is 6.35. The van der Waals surface area contributed by atoms with Crippen LogP contribution in [0.2, 0.25) is 10.0 Å². The molecule has 266 valence electrons. The van der Waals surface area contributed by atoms with E-state index in [2.05, 4.69) is 14.7 Å². The van der Waals surface area contributed by atoms with Gasteiger partial charge in [0.15, 0.2) is 0 Å². The van der Waals surface area contributed by atoms with E-state index in [1.165, 1.54) is 0 Å². The highest BCUT2D eigenvalue weighted by Gasteiger charge is 2.46. The highest BCUT2D eigenvalue weighted by Crippen LogP contribution is 2.40. The molecule has 0 bridgehead atoms. The van der Waals surface area contributed by atoms with Crippen molar-refractivity contribution in [3.63, 3.8) is 0 Å². The van der Waals surface area contributed by atoms with Crippen LogP contribution >= 0.6 is 23.2 Å². The van der Waals surface area contributed by atoms with Crippen molar-refractivity contribution in [3.8, 4) is 11.5 Å². The summed E-state index contributed by atoms with van der Waals surface area (Å²) >= 11 is 13.0. The van der Waals surface area contributed by atoms with Gasteiger partial charge >= 0.3 is 5.97 Å². The van der Waals surface area contributed by atoms with Crippen LogP contribution in [0.25, 0.3) is 0 Å². The quantitative estimate of drug-likeness (QED) is 0.172. The van der Waals surface area contributed by atoms with Gasteiger partial charge in [0.2, 0.25) is 11.7 Å². The summed E-state index contributed by atoms with van der Waals surface area (Å²) in [7, 11) is 0. The number of nitrogens with zero attached hydrogens (tertiary/aromatic N) is 4. The van der Waals surface area contributed by atoms with Crippen molar-refractivity contribution in [3.05, 3.63) is 100 Å². The second-order valence-corrected chi connectivity index (χ2v) is 14.8. The second kappa shape index (κ2) is 15.1. The fourth-order valence-electron chi connectivity index (χ4n) is 6.12. The molecule has 0 radical (unpaired) electrons. The number of carbonyl (C=O) groups excluding carboxylic acids is 2. The average molecular weight is 724 g/mol. The lowest BCUT2D eigenvalue weighted by atomic mass is 9.97. The highest BCUT2D eigenvalue weighted by atomic mass is 35.5. The summed E-state index contributed by atoms with van der Waals surface area (Å²) in [5.74, 6) is -0.0227. The molecule has 1 amide bonds. The Balaban J connectivity index is 1.05. The summed E-state index contributed by atoms with van der Waals surface area (Å²) in [6.07, 6.45) is 3.71. The summed E-state index contributed by atoms with van der Waals surface area (Å²) in [5, 5.41) is 0.994. The van der Waals surface area contributed by atoms with Crippen LogP contribution in [0.15, 0.2) is 79.1 Å². The van der Waals surface area contributed by atoms with Gasteiger partial charge in [-0.2, -0.15) is 0 Å². The number of benzene rings is 3. The lowest BCUT2D eigenvalue weighted by Gasteiger charge is -2.35. The molecule has 3 heterocycles. The van der Waals surface area contributed by atoms with Gasteiger partial charge in [0, 0.05) is 68.3 Å². The molecule has 3 aliphatic heterocycles. The molecule has 50 heavy (non-hydrogen) atoms. The molecule has 0 saturated carbocycles. The summed E-state index contributed by atoms with van der Waals surface area (Å²) in [6.45, 7) is 12.5. The maximum Gasteiger partial charge on any atom is 0.316 e. The normalized spacial score (nSPS) is 20.8. The molecule has 3 aromatic carbocycles. The third kappa shape index (κ3) is 8.66. The fraction of sp³-hybridized carbons (Fsp3) is 0.421. The lowest BCUT2D eigenvalue weighted by molar-refractivity contribution is -0.188. The van der Waals surface area contributed by atoms with Gasteiger partial charge in [0.1, 0.15) is 24.2 Å². The standard InChI is InChI=1S/C38H44Cl2N4O6/c1-27(45)43-17-19-44(20-18-43)30-8-12-31(13-9-30)47-23-33-24-48-38(50-33,34-14-7-29(39)21-35(34)40)25-42-16-15-41(26-42)22-28-5-10-32(11-6-28)49-36(46)37(2,3)4/h5-16,21,33H,17-20,22-26H2,1-4H3/t33-,38-/m0/s1. The first-order chi connectivity index (χ1) is 23.9. The zero-order valence-electron chi connectivity index (χ0n) is 28.9. The Labute approximate surface area is 304 Å². The third-order valence-corrected chi connectivity index (χ3v) is 9.51. The predicted molar refractivity (Wildman–Crippen MR) is 193 cm³/mol. The van der Waals surface area contributed by atoms with Gasteiger partial charge in [-0.1, -0.05) is 41.4 Å². The molecule has 0 unspecified atom stereocenters. The molecule has 0 aliphatic carbocycles. The predicted octanol–water partition coefficient (Wildman–Crippen LogP) is 6.51. The Hall–Kier alpha value is -3.96. The van der Waals surface area contributed by atoms with Crippen LogP contribution in [0.1, 0.15) is 38.8 Å². The number of hydrogen-bond donors (Lipinski definition) is 0. The van der Waals surface area contributed by atoms with Gasteiger partial charge in [0.25, 0.3) is 0 Å². The zero-order chi connectivity index (χ0) is 35.5. The van der Waals surface area contributed by atoms with Crippen LogP contribution in [0.3, 0.4) is 0 Å². The molecule has 2 saturated heterocycles. The number of halogens is 2. The molecular formula is C38H44Cl2N4O6. The van der Waals surface area contributed by atoms with E-state index < -0.39 is 11.2 Å². The number of hydrogen-bond acceptors (Lipinski definition) is 9. The molecule has 2 atom stereocenters. The lowest BCUT2D eigenvalue weighted by Crippen LogP contribution is -2.48. The van der Waals surface area contributed by atoms with Gasteiger partial charge in [-0.25, -0.2) is 0 Å². The van der Waals surface area contributed by atoms with Crippen LogP contribution in [0, 0.1) is 5.41 Å². The Morgan fingerprint density at radius 2 is 1.58 bits per heavy atom. The van der Waals surface area contributed by atoms with Crippen molar-refractivity contribution in [1.82, 2.24) is 14.7 Å². The van der Waals surface area contributed by atoms with Crippen molar-refractivity contribution in [2.24, 2.45) is 5.41 Å². The van der Waals surface area contributed by atoms with E-state index in [-0.39, 0.29) is 18.0 Å². The fourth-order valence-corrected chi connectivity index (χ4v) is 6.68. The summed E-state index contributed by atoms with van der Waals surface area (Å²) in [4.78, 5) is 32.4. The van der Waals surface area contributed by atoms with Crippen LogP contribution in [0.4, 0.5) is 5.69 Å². The maximum atomic E-state index is 12.3. The van der Waals surface area contributed by atoms with Crippen molar-refractivity contribution >= 4 is 40.8 Å². The Morgan fingerprint density at radius 3 is 2.24 bits per heavy atom. The topological polar surface area (TPSA) is 84.0 Å². The van der Waals surface area contributed by atoms with E-state index >= 15 is 0 Å². The number of rotatable bonds is 10. The number of carbonyl (C=O) groups is 2. The minimum atomic E-state index is -1.14. The minimum Gasteiger partial charge on any atom is -0.491 e. The maximum absolute atomic E-state index is 12.3. The van der Waals surface area contributed by atoms with Crippen LogP contribution in [-0.2, 0) is 31.4 Å². The van der Waals surface area contributed by atoms with E-state index in [4.69, 9.17) is 42.1 Å². The van der Waals surface area contributed by atoms with E-state index in [0.29, 0.717) is 54.3 Å². The number of esters is 1. The summed E-state index contributed by atoms with van der Waals surface area (Å²) < 4.78 is 24.8. The largest absolute Gasteiger partial charge is 0.491 e. The Kier molecular flexibility index (Phi) is 10.8. The van der Waals surface area contributed by atoms with Crippen molar-refractivity contribution < 1.29 is 28.5 Å². The van der Waals surface area contributed by atoms with E-state index in [0.717, 1.165) is 43.2 Å². The molecule has 10 nitrogen and oxygen atoms in total. The Morgan fingerprint density at radius 1 is 0.900 bits per heavy atom. The third-order valence-electron chi connectivity index (χ3n) is 8.96. The van der Waals surface area contributed by atoms with Gasteiger partial charge in [-0.05, 0) is 74.9 Å². The molecule has 0 aromatic heterocycles. The number of anilines is 1. The van der Waals surface area contributed by atoms with Crippen LogP contribution in [0.5, 0.6) is 11.5 Å². The molecule has 3 aromatic rings. The van der Waals surface area contributed by atoms with Gasteiger partial charge < -0.3 is 38.5 Å². The molecular weight excluding hydrogens is 679 g/mol. The van der Waals surface area contributed by atoms with Gasteiger partial charge in [-0.3, -0.25) is 9.59 Å². The average Bonchev–Trinajstić information content (AvgIpc) is 3.71. The molecule has 3 aliphatic rings.